The van der Waals surface area contributed by atoms with Crippen LogP contribution >= 0.6 is 0 Å². The molecule has 1 aliphatic heterocycles. The van der Waals surface area contributed by atoms with Gasteiger partial charge in [0.05, 0.1) is 30.9 Å². The van der Waals surface area contributed by atoms with E-state index in [1.165, 1.54) is 13.3 Å². The van der Waals surface area contributed by atoms with E-state index < -0.39 is 30.0 Å². The number of carboxylic acids is 1. The van der Waals surface area contributed by atoms with Crippen molar-refractivity contribution in [1.29, 1.82) is 0 Å². The Kier molecular flexibility index (Phi) is 9.71. The lowest BCUT2D eigenvalue weighted by atomic mass is 10.0. The molecule has 2 aromatic carbocycles. The fourth-order valence-corrected chi connectivity index (χ4v) is 4.58. The first kappa shape index (κ1) is 28.9. The Bertz CT molecular complexity index is 1370. The van der Waals surface area contributed by atoms with Crippen LogP contribution in [0, 0.1) is 0 Å². The molecule has 41 heavy (non-hydrogen) atoms. The number of anilines is 3. The molecule has 1 aromatic heterocycles. The molecule has 1 aliphatic rings. The number of nitrogens with zero attached hydrogens (tertiary/aromatic N) is 3. The molecule has 0 aliphatic carbocycles. The highest BCUT2D eigenvalue weighted by atomic mass is 16.5. The van der Waals surface area contributed by atoms with Crippen molar-refractivity contribution in [3.8, 4) is 0 Å². The Balaban J connectivity index is 1.60. The van der Waals surface area contributed by atoms with Gasteiger partial charge < -0.3 is 35.6 Å². The first-order valence-electron chi connectivity index (χ1n) is 13.1. The molecular weight excluding hydrogens is 528 g/mol. The van der Waals surface area contributed by atoms with Gasteiger partial charge in [0.25, 0.3) is 5.91 Å². The number of methoxy groups -OCH3 is 1. The number of hydrogen-bond donors (Lipinski definition) is 4. The maximum atomic E-state index is 13.3. The summed E-state index contributed by atoms with van der Waals surface area (Å²) in [4.78, 5) is 57.5. The van der Waals surface area contributed by atoms with E-state index in [2.05, 4.69) is 20.9 Å². The third kappa shape index (κ3) is 7.94. The van der Waals surface area contributed by atoms with Crippen LogP contribution in [-0.2, 0) is 9.53 Å². The summed E-state index contributed by atoms with van der Waals surface area (Å²) in [6.07, 6.45) is 3.02. The SMILES string of the molecule is COC(=O)N1CCCN(c2ccc(C(=O)NC(CC(=O)O)c3cccnc3)cc2NC(=O)Nc2ccccc2)CC1. The molecule has 4 rings (SSSR count). The van der Waals surface area contributed by atoms with E-state index in [-0.39, 0.29) is 12.0 Å². The van der Waals surface area contributed by atoms with Crippen molar-refractivity contribution in [2.45, 2.75) is 18.9 Å². The molecule has 2 heterocycles. The van der Waals surface area contributed by atoms with Crippen LogP contribution in [0.5, 0.6) is 0 Å². The van der Waals surface area contributed by atoms with Crippen LogP contribution in [0.3, 0.4) is 0 Å². The van der Waals surface area contributed by atoms with Gasteiger partial charge in [-0.3, -0.25) is 14.6 Å². The lowest BCUT2D eigenvalue weighted by Gasteiger charge is -2.26. The molecule has 0 spiro atoms. The molecule has 3 aromatic rings. The van der Waals surface area contributed by atoms with Crippen molar-refractivity contribution < 1.29 is 29.0 Å². The lowest BCUT2D eigenvalue weighted by Crippen LogP contribution is -2.35. The summed E-state index contributed by atoms with van der Waals surface area (Å²) in [5.74, 6) is -1.58. The van der Waals surface area contributed by atoms with Crippen LogP contribution in [-0.4, -0.2) is 72.3 Å². The predicted octanol–water partition coefficient (Wildman–Crippen LogP) is 3.95. The summed E-state index contributed by atoms with van der Waals surface area (Å²) < 4.78 is 4.87. The van der Waals surface area contributed by atoms with E-state index in [0.717, 1.165) is 0 Å². The third-order valence-corrected chi connectivity index (χ3v) is 6.58. The van der Waals surface area contributed by atoms with Crippen molar-refractivity contribution in [3.05, 3.63) is 84.2 Å². The van der Waals surface area contributed by atoms with Crippen LogP contribution in [0.4, 0.5) is 26.7 Å². The molecule has 0 saturated carbocycles. The topological polar surface area (TPSA) is 153 Å². The van der Waals surface area contributed by atoms with Gasteiger partial charge in [-0.15, -0.1) is 0 Å². The Morgan fingerprint density at radius 2 is 1.78 bits per heavy atom. The molecule has 0 radical (unpaired) electrons. The molecule has 0 bridgehead atoms. The van der Waals surface area contributed by atoms with Crippen molar-refractivity contribution >= 4 is 41.1 Å². The number of hydrogen-bond acceptors (Lipinski definition) is 7. The van der Waals surface area contributed by atoms with E-state index >= 15 is 0 Å². The van der Waals surface area contributed by atoms with Crippen molar-refractivity contribution in [1.82, 2.24) is 15.2 Å². The average Bonchev–Trinajstić information content (AvgIpc) is 3.23. The fourth-order valence-electron chi connectivity index (χ4n) is 4.58. The zero-order valence-corrected chi connectivity index (χ0v) is 22.6. The first-order valence-corrected chi connectivity index (χ1v) is 13.1. The number of benzene rings is 2. The number of carbonyl (C=O) groups is 4. The highest BCUT2D eigenvalue weighted by Gasteiger charge is 2.24. The Morgan fingerprint density at radius 1 is 0.976 bits per heavy atom. The van der Waals surface area contributed by atoms with Crippen molar-refractivity contribution in [2.75, 3.05) is 48.8 Å². The van der Waals surface area contributed by atoms with E-state index in [9.17, 15) is 24.3 Å². The van der Waals surface area contributed by atoms with Gasteiger partial charge in [0.1, 0.15) is 0 Å². The Morgan fingerprint density at radius 3 is 2.49 bits per heavy atom. The van der Waals surface area contributed by atoms with Crippen molar-refractivity contribution in [2.24, 2.45) is 0 Å². The highest BCUT2D eigenvalue weighted by molar-refractivity contribution is 6.04. The molecule has 12 nitrogen and oxygen atoms in total. The highest BCUT2D eigenvalue weighted by Crippen LogP contribution is 2.29. The van der Waals surface area contributed by atoms with Crippen LogP contribution in [0.1, 0.15) is 34.8 Å². The van der Waals surface area contributed by atoms with Gasteiger partial charge in [-0.2, -0.15) is 0 Å². The lowest BCUT2D eigenvalue weighted by molar-refractivity contribution is -0.137. The fraction of sp³-hybridized carbons (Fsp3) is 0.276. The number of carbonyl (C=O) groups excluding carboxylic acids is 3. The summed E-state index contributed by atoms with van der Waals surface area (Å²) >= 11 is 0. The monoisotopic (exact) mass is 560 g/mol. The summed E-state index contributed by atoms with van der Waals surface area (Å²) in [5, 5.41) is 17.8. The number of para-hydroxylation sites is 1. The van der Waals surface area contributed by atoms with Crippen LogP contribution < -0.4 is 20.9 Å². The minimum atomic E-state index is -1.07. The van der Waals surface area contributed by atoms with E-state index in [4.69, 9.17) is 4.74 Å². The second-order valence-electron chi connectivity index (χ2n) is 9.39. The molecule has 4 amide bonds. The zero-order chi connectivity index (χ0) is 29.2. The summed E-state index contributed by atoms with van der Waals surface area (Å²) in [6, 6.07) is 15.9. The van der Waals surface area contributed by atoms with Crippen molar-refractivity contribution in [3.63, 3.8) is 0 Å². The minimum Gasteiger partial charge on any atom is -0.481 e. The molecule has 1 saturated heterocycles. The number of amides is 4. The molecular formula is C29H32N6O6. The summed E-state index contributed by atoms with van der Waals surface area (Å²) in [7, 11) is 1.34. The maximum Gasteiger partial charge on any atom is 0.409 e. The molecule has 12 heteroatoms. The maximum absolute atomic E-state index is 13.3. The predicted molar refractivity (Wildman–Crippen MR) is 153 cm³/mol. The number of ether oxygens (including phenoxy) is 1. The van der Waals surface area contributed by atoms with Gasteiger partial charge >= 0.3 is 18.1 Å². The number of urea groups is 1. The number of aromatic nitrogens is 1. The van der Waals surface area contributed by atoms with Gasteiger partial charge in [0, 0.05) is 49.8 Å². The van der Waals surface area contributed by atoms with E-state index in [1.807, 2.05) is 11.0 Å². The van der Waals surface area contributed by atoms with Gasteiger partial charge in [-0.05, 0) is 48.4 Å². The number of rotatable bonds is 8. The van der Waals surface area contributed by atoms with Gasteiger partial charge in [0.2, 0.25) is 0 Å². The molecule has 1 unspecified atom stereocenters. The normalized spacial score (nSPS) is 13.9. The van der Waals surface area contributed by atoms with Gasteiger partial charge in [0.15, 0.2) is 0 Å². The Hall–Kier alpha value is -5.13. The summed E-state index contributed by atoms with van der Waals surface area (Å²) in [5.41, 5.74) is 2.44. The largest absolute Gasteiger partial charge is 0.481 e. The Labute approximate surface area is 237 Å². The number of pyridine rings is 1. The first-order chi connectivity index (χ1) is 19.8. The van der Waals surface area contributed by atoms with Gasteiger partial charge in [-0.25, -0.2) is 9.59 Å². The average molecular weight is 561 g/mol. The second-order valence-corrected chi connectivity index (χ2v) is 9.39. The smallest absolute Gasteiger partial charge is 0.409 e. The molecule has 1 atom stereocenters. The molecule has 1 fully saturated rings. The quantitative estimate of drug-likeness (QED) is 0.323. The standard InChI is InChI=1S/C29H32N6O6/c1-41-29(40)35-14-6-13-34(15-16-35)25-11-10-20(17-24(25)33-28(39)31-22-8-3-2-4-9-22)27(38)32-23(18-26(36)37)21-7-5-12-30-19-21/h2-5,7-12,17,19,23H,6,13-16,18H2,1H3,(H,32,38)(H,36,37)(H2,31,33,39). The van der Waals surface area contributed by atoms with Gasteiger partial charge in [-0.1, -0.05) is 24.3 Å². The second kappa shape index (κ2) is 13.8. The number of nitrogens with one attached hydrogen (secondary N) is 3. The number of aliphatic carboxylic acids is 1. The zero-order valence-electron chi connectivity index (χ0n) is 22.6. The van der Waals surface area contributed by atoms with E-state index in [0.29, 0.717) is 55.2 Å². The summed E-state index contributed by atoms with van der Waals surface area (Å²) in [6.45, 7) is 2.04. The molecule has 4 N–H and O–H groups in total. The van der Waals surface area contributed by atoms with E-state index in [1.54, 1.807) is 65.7 Å². The third-order valence-electron chi connectivity index (χ3n) is 6.58. The molecule has 214 valence electrons. The van der Waals surface area contributed by atoms with Crippen LogP contribution in [0.2, 0.25) is 0 Å². The van der Waals surface area contributed by atoms with Crippen LogP contribution in [0.15, 0.2) is 73.1 Å². The number of carboxylic acid groups (broad SMARTS) is 1. The minimum absolute atomic E-state index is 0.231. The van der Waals surface area contributed by atoms with Crippen LogP contribution in [0.25, 0.3) is 0 Å².